The second-order valence-corrected chi connectivity index (χ2v) is 6.34. The first-order valence-corrected chi connectivity index (χ1v) is 8.39. The van der Waals surface area contributed by atoms with E-state index in [1.807, 2.05) is 24.3 Å². The summed E-state index contributed by atoms with van der Waals surface area (Å²) in [5, 5.41) is 0. The van der Waals surface area contributed by atoms with Crippen molar-refractivity contribution in [2.75, 3.05) is 14.2 Å². The molecule has 3 aromatic rings. The number of carbonyl (C=O) groups is 2. The van der Waals surface area contributed by atoms with Crippen molar-refractivity contribution in [2.24, 2.45) is 7.05 Å². The summed E-state index contributed by atoms with van der Waals surface area (Å²) in [5.74, 6) is 0.165. The van der Waals surface area contributed by atoms with Gasteiger partial charge in [0, 0.05) is 14.1 Å². The lowest BCUT2D eigenvalue weighted by Gasteiger charge is -2.16. The zero-order chi connectivity index (χ0) is 19.7. The van der Waals surface area contributed by atoms with Crippen LogP contribution in [-0.4, -0.2) is 40.1 Å². The Kier molecular flexibility index (Phi) is 4.89. The molecule has 2 heterocycles. The molecule has 0 aliphatic rings. The third kappa shape index (κ3) is 3.38. The smallest absolute Gasteiger partial charge is 0.341 e. The number of furan rings is 1. The summed E-state index contributed by atoms with van der Waals surface area (Å²) in [4.78, 5) is 38.2. The van der Waals surface area contributed by atoms with Crippen LogP contribution >= 0.6 is 0 Å². The Hall–Kier alpha value is -3.29. The van der Waals surface area contributed by atoms with Crippen LogP contribution in [0.15, 0.2) is 39.5 Å². The Balaban J connectivity index is 1.79. The lowest BCUT2D eigenvalue weighted by Crippen LogP contribution is -2.33. The summed E-state index contributed by atoms with van der Waals surface area (Å²) < 4.78 is 13.2. The van der Waals surface area contributed by atoms with Crippen LogP contribution < -0.4 is 5.69 Å². The molecule has 8 heteroatoms. The summed E-state index contributed by atoms with van der Waals surface area (Å²) in [6, 6.07) is 8.88. The number of nitrogens with zero attached hydrogens (tertiary/aromatic N) is 3. The number of hydrogen-bond donors (Lipinski definition) is 0. The minimum absolute atomic E-state index is 0.0831. The van der Waals surface area contributed by atoms with Crippen LogP contribution in [0.2, 0.25) is 0 Å². The number of likely N-dealkylation sites (N-methyl/N-ethyl adjacent to an activating group) is 1. The largest absolute Gasteiger partial charge is 0.465 e. The van der Waals surface area contributed by atoms with Crippen molar-refractivity contribution in [2.45, 2.75) is 20.0 Å². The predicted molar refractivity (Wildman–Crippen MR) is 98.4 cm³/mol. The molecule has 0 atom stereocenters. The second kappa shape index (κ2) is 7.14. The molecule has 0 fully saturated rings. The normalized spacial score (nSPS) is 11.0. The number of aryl methyl sites for hydroxylation is 2. The highest BCUT2D eigenvalue weighted by Crippen LogP contribution is 2.17. The number of para-hydroxylation sites is 2. The number of hydrogen-bond acceptors (Lipinski definition) is 5. The standard InChI is InChI=1S/C19H21N3O5/c1-12-14(18(24)26-4)9-13(27-12)10-20(2)17(23)11-22-16-8-6-5-7-15(16)21(3)19(22)25/h5-9H,10-11H2,1-4H3. The van der Waals surface area contributed by atoms with E-state index in [9.17, 15) is 14.4 Å². The molecule has 0 N–H and O–H groups in total. The molecule has 0 unspecified atom stereocenters. The van der Waals surface area contributed by atoms with E-state index in [4.69, 9.17) is 9.15 Å². The molecule has 0 bridgehead atoms. The lowest BCUT2D eigenvalue weighted by atomic mass is 10.2. The fourth-order valence-electron chi connectivity index (χ4n) is 3.03. The summed E-state index contributed by atoms with van der Waals surface area (Å²) in [6.07, 6.45) is 0. The monoisotopic (exact) mass is 371 g/mol. The quantitative estimate of drug-likeness (QED) is 0.637. The van der Waals surface area contributed by atoms with Crippen LogP contribution in [0.25, 0.3) is 11.0 Å². The van der Waals surface area contributed by atoms with Crippen LogP contribution in [0.5, 0.6) is 0 Å². The number of benzene rings is 1. The molecular formula is C19H21N3O5. The highest BCUT2D eigenvalue weighted by molar-refractivity contribution is 5.90. The van der Waals surface area contributed by atoms with E-state index >= 15 is 0 Å². The Morgan fingerprint density at radius 2 is 1.89 bits per heavy atom. The Morgan fingerprint density at radius 3 is 2.56 bits per heavy atom. The van der Waals surface area contributed by atoms with E-state index in [0.29, 0.717) is 22.6 Å². The number of carbonyl (C=O) groups excluding carboxylic acids is 2. The van der Waals surface area contributed by atoms with Crippen molar-refractivity contribution >= 4 is 22.9 Å². The number of ether oxygens (including phenoxy) is 1. The molecule has 27 heavy (non-hydrogen) atoms. The first-order chi connectivity index (χ1) is 12.8. The van der Waals surface area contributed by atoms with Crippen molar-refractivity contribution in [3.63, 3.8) is 0 Å². The fourth-order valence-corrected chi connectivity index (χ4v) is 3.03. The van der Waals surface area contributed by atoms with Gasteiger partial charge in [0.25, 0.3) is 0 Å². The topological polar surface area (TPSA) is 86.7 Å². The van der Waals surface area contributed by atoms with E-state index in [1.165, 1.54) is 21.1 Å². The SMILES string of the molecule is COC(=O)c1cc(CN(C)C(=O)Cn2c(=O)n(C)c3ccccc32)oc1C. The summed E-state index contributed by atoms with van der Waals surface area (Å²) >= 11 is 0. The van der Waals surface area contributed by atoms with Crippen molar-refractivity contribution in [3.8, 4) is 0 Å². The van der Waals surface area contributed by atoms with Gasteiger partial charge in [-0.2, -0.15) is 0 Å². The van der Waals surface area contributed by atoms with Crippen LogP contribution in [0, 0.1) is 6.92 Å². The molecule has 2 aromatic heterocycles. The number of rotatable bonds is 5. The van der Waals surface area contributed by atoms with Crippen molar-refractivity contribution in [1.82, 2.24) is 14.0 Å². The molecule has 0 radical (unpaired) electrons. The zero-order valence-electron chi connectivity index (χ0n) is 15.7. The minimum Gasteiger partial charge on any atom is -0.465 e. The van der Waals surface area contributed by atoms with E-state index in [-0.39, 0.29) is 24.7 Å². The number of fused-ring (bicyclic) bond motifs is 1. The molecule has 0 saturated heterocycles. The predicted octanol–water partition coefficient (Wildman–Crippen LogP) is 1.69. The lowest BCUT2D eigenvalue weighted by molar-refractivity contribution is -0.131. The van der Waals surface area contributed by atoms with Gasteiger partial charge >= 0.3 is 11.7 Å². The zero-order valence-corrected chi connectivity index (χ0v) is 15.7. The highest BCUT2D eigenvalue weighted by Gasteiger charge is 2.19. The molecule has 0 spiro atoms. The van der Waals surface area contributed by atoms with Crippen LogP contribution in [-0.2, 0) is 29.7 Å². The minimum atomic E-state index is -0.487. The first-order valence-electron chi connectivity index (χ1n) is 8.39. The van der Waals surface area contributed by atoms with Crippen LogP contribution in [0.4, 0.5) is 0 Å². The molecule has 1 aromatic carbocycles. The maximum atomic E-state index is 12.6. The molecule has 0 aliphatic carbocycles. The number of imidazole rings is 1. The first kappa shape index (κ1) is 18.5. The van der Waals surface area contributed by atoms with Crippen molar-refractivity contribution in [3.05, 3.63) is 57.9 Å². The maximum Gasteiger partial charge on any atom is 0.341 e. The van der Waals surface area contributed by atoms with Gasteiger partial charge in [-0.25, -0.2) is 9.59 Å². The molecule has 1 amide bonds. The van der Waals surface area contributed by atoms with Crippen LogP contribution in [0.1, 0.15) is 21.9 Å². The number of esters is 1. The van der Waals surface area contributed by atoms with Gasteiger partial charge in [0.05, 0.1) is 24.7 Å². The van der Waals surface area contributed by atoms with Crippen LogP contribution in [0.3, 0.4) is 0 Å². The second-order valence-electron chi connectivity index (χ2n) is 6.34. The van der Waals surface area contributed by atoms with Gasteiger partial charge in [-0.1, -0.05) is 12.1 Å². The van der Waals surface area contributed by atoms with E-state index in [1.54, 1.807) is 27.1 Å². The average Bonchev–Trinajstić information content (AvgIpc) is 3.14. The van der Waals surface area contributed by atoms with Gasteiger partial charge in [0.2, 0.25) is 5.91 Å². The van der Waals surface area contributed by atoms with E-state index in [0.717, 1.165) is 5.52 Å². The molecule has 0 aliphatic heterocycles. The number of methoxy groups -OCH3 is 1. The van der Waals surface area contributed by atoms with E-state index in [2.05, 4.69) is 0 Å². The maximum absolute atomic E-state index is 12.6. The molecule has 0 saturated carbocycles. The number of aromatic nitrogens is 2. The van der Waals surface area contributed by atoms with E-state index < -0.39 is 5.97 Å². The highest BCUT2D eigenvalue weighted by atomic mass is 16.5. The Morgan fingerprint density at radius 1 is 1.22 bits per heavy atom. The van der Waals surface area contributed by atoms with Gasteiger partial charge in [0.1, 0.15) is 23.6 Å². The fraction of sp³-hybridized carbons (Fsp3) is 0.316. The molecule has 8 nitrogen and oxygen atoms in total. The summed E-state index contributed by atoms with van der Waals surface area (Å²) in [5.41, 5.74) is 1.55. The Bertz CT molecular complexity index is 1070. The van der Waals surface area contributed by atoms with Gasteiger partial charge in [-0.15, -0.1) is 0 Å². The Labute approximate surface area is 155 Å². The van der Waals surface area contributed by atoms with Gasteiger partial charge in [-0.05, 0) is 25.1 Å². The third-order valence-corrected chi connectivity index (χ3v) is 4.54. The van der Waals surface area contributed by atoms with Gasteiger partial charge in [0.15, 0.2) is 0 Å². The van der Waals surface area contributed by atoms with Crippen molar-refractivity contribution in [1.29, 1.82) is 0 Å². The third-order valence-electron chi connectivity index (χ3n) is 4.54. The molecule has 3 rings (SSSR count). The summed E-state index contributed by atoms with van der Waals surface area (Å²) in [6.45, 7) is 1.75. The van der Waals surface area contributed by atoms with Gasteiger partial charge in [-0.3, -0.25) is 13.9 Å². The number of amides is 1. The van der Waals surface area contributed by atoms with Gasteiger partial charge < -0.3 is 14.1 Å². The van der Waals surface area contributed by atoms with Crippen molar-refractivity contribution < 1.29 is 18.7 Å². The molecule has 142 valence electrons. The summed E-state index contributed by atoms with van der Waals surface area (Å²) in [7, 11) is 4.59. The average molecular weight is 371 g/mol. The molecular weight excluding hydrogens is 350 g/mol.